The largest absolute Gasteiger partial charge is 0.472 e. The van der Waals surface area contributed by atoms with E-state index in [9.17, 15) is 0 Å². The summed E-state index contributed by atoms with van der Waals surface area (Å²) in [4.78, 5) is 8.36. The molecule has 0 saturated heterocycles. The van der Waals surface area contributed by atoms with Gasteiger partial charge in [0.15, 0.2) is 0 Å². The van der Waals surface area contributed by atoms with Gasteiger partial charge in [-0.2, -0.15) is 4.98 Å². The highest BCUT2D eigenvalue weighted by atomic mass is 16.5. The molecule has 86 valence electrons. The van der Waals surface area contributed by atoms with Gasteiger partial charge in [-0.15, -0.1) is 0 Å². The molecule has 0 bridgehead atoms. The molecule has 0 aliphatic carbocycles. The highest BCUT2D eigenvalue weighted by molar-refractivity contribution is 5.52. The van der Waals surface area contributed by atoms with Gasteiger partial charge < -0.3 is 10.5 Å². The average Bonchev–Trinajstić information content (AvgIpc) is 2.65. The first-order valence-corrected chi connectivity index (χ1v) is 5.46. The molecule has 5 heteroatoms. The van der Waals surface area contributed by atoms with Gasteiger partial charge in [0.2, 0.25) is 5.65 Å². The SMILES string of the molecule is CCCC(C)Oc1nc(N)cn2ccnc12. The molecule has 2 aromatic rings. The third-order valence-electron chi connectivity index (χ3n) is 2.37. The topological polar surface area (TPSA) is 65.4 Å². The standard InChI is InChI=1S/C11H16N4O/c1-3-4-8(2)16-11-10-13-5-6-15(10)7-9(12)14-11/h5-8H,3-4,12H2,1-2H3. The van der Waals surface area contributed by atoms with E-state index in [-0.39, 0.29) is 6.10 Å². The number of rotatable bonds is 4. The number of ether oxygens (including phenoxy) is 1. The molecule has 0 aromatic carbocycles. The number of nitrogen functional groups attached to an aromatic ring is 1. The lowest BCUT2D eigenvalue weighted by Crippen LogP contribution is -2.13. The van der Waals surface area contributed by atoms with Gasteiger partial charge in [-0.1, -0.05) is 13.3 Å². The zero-order chi connectivity index (χ0) is 11.5. The van der Waals surface area contributed by atoms with Crippen LogP contribution in [0.1, 0.15) is 26.7 Å². The molecule has 2 heterocycles. The summed E-state index contributed by atoms with van der Waals surface area (Å²) in [6.45, 7) is 4.14. The molecule has 16 heavy (non-hydrogen) atoms. The van der Waals surface area contributed by atoms with Crippen molar-refractivity contribution in [3.63, 3.8) is 0 Å². The Kier molecular flexibility index (Phi) is 2.94. The van der Waals surface area contributed by atoms with Gasteiger partial charge >= 0.3 is 0 Å². The first kappa shape index (κ1) is 10.7. The van der Waals surface area contributed by atoms with Crippen molar-refractivity contribution in [1.82, 2.24) is 14.4 Å². The Labute approximate surface area is 94.3 Å². The lowest BCUT2D eigenvalue weighted by molar-refractivity contribution is 0.203. The second-order valence-electron chi connectivity index (χ2n) is 3.85. The van der Waals surface area contributed by atoms with Crippen LogP contribution in [-0.4, -0.2) is 20.5 Å². The Hall–Kier alpha value is -1.78. The normalized spacial score (nSPS) is 12.9. The number of nitrogens with two attached hydrogens (primary N) is 1. The van der Waals surface area contributed by atoms with Crippen molar-refractivity contribution in [2.75, 3.05) is 5.73 Å². The minimum absolute atomic E-state index is 0.125. The van der Waals surface area contributed by atoms with E-state index >= 15 is 0 Å². The molecule has 2 rings (SSSR count). The first-order valence-electron chi connectivity index (χ1n) is 5.46. The van der Waals surface area contributed by atoms with Crippen molar-refractivity contribution in [3.05, 3.63) is 18.6 Å². The Balaban J connectivity index is 2.31. The summed E-state index contributed by atoms with van der Waals surface area (Å²) in [5.74, 6) is 0.940. The molecule has 0 saturated carbocycles. The van der Waals surface area contributed by atoms with Crippen LogP contribution in [0.5, 0.6) is 5.88 Å². The molecule has 0 amide bonds. The monoisotopic (exact) mass is 220 g/mol. The van der Waals surface area contributed by atoms with Crippen molar-refractivity contribution >= 4 is 11.5 Å². The van der Waals surface area contributed by atoms with E-state index in [2.05, 4.69) is 16.9 Å². The van der Waals surface area contributed by atoms with Gasteiger partial charge in [0, 0.05) is 12.4 Å². The number of hydrogen-bond donors (Lipinski definition) is 1. The van der Waals surface area contributed by atoms with E-state index < -0.39 is 0 Å². The maximum atomic E-state index is 5.73. The van der Waals surface area contributed by atoms with Crippen LogP contribution in [0.15, 0.2) is 18.6 Å². The minimum atomic E-state index is 0.125. The fourth-order valence-electron chi connectivity index (χ4n) is 1.66. The molecule has 0 fully saturated rings. The summed E-state index contributed by atoms with van der Waals surface area (Å²) in [5.41, 5.74) is 6.40. The molecule has 0 aliphatic rings. The third-order valence-corrected chi connectivity index (χ3v) is 2.37. The van der Waals surface area contributed by atoms with Crippen molar-refractivity contribution < 1.29 is 4.74 Å². The smallest absolute Gasteiger partial charge is 0.260 e. The highest BCUT2D eigenvalue weighted by Crippen LogP contribution is 2.19. The number of hydrogen-bond acceptors (Lipinski definition) is 4. The summed E-state index contributed by atoms with van der Waals surface area (Å²) in [7, 11) is 0. The zero-order valence-corrected chi connectivity index (χ0v) is 9.55. The van der Waals surface area contributed by atoms with Crippen molar-refractivity contribution in [1.29, 1.82) is 0 Å². The summed E-state index contributed by atoms with van der Waals surface area (Å²) >= 11 is 0. The average molecular weight is 220 g/mol. The molecule has 1 unspecified atom stereocenters. The first-order chi connectivity index (χ1) is 7.70. The van der Waals surface area contributed by atoms with Crippen molar-refractivity contribution in [2.24, 2.45) is 0 Å². The maximum absolute atomic E-state index is 5.73. The van der Waals surface area contributed by atoms with E-state index in [0.717, 1.165) is 12.8 Å². The van der Waals surface area contributed by atoms with Crippen LogP contribution in [0.3, 0.4) is 0 Å². The molecule has 0 aliphatic heterocycles. The predicted molar refractivity (Wildman–Crippen MR) is 62.4 cm³/mol. The number of fused-ring (bicyclic) bond motifs is 1. The zero-order valence-electron chi connectivity index (χ0n) is 9.55. The van der Waals surface area contributed by atoms with Gasteiger partial charge in [-0.05, 0) is 13.3 Å². The highest BCUT2D eigenvalue weighted by Gasteiger charge is 2.10. The maximum Gasteiger partial charge on any atom is 0.260 e. The van der Waals surface area contributed by atoms with Gasteiger partial charge in [-0.25, -0.2) is 4.98 Å². The van der Waals surface area contributed by atoms with E-state index in [1.807, 2.05) is 17.5 Å². The summed E-state index contributed by atoms with van der Waals surface area (Å²) in [6, 6.07) is 0. The number of aromatic nitrogens is 3. The molecule has 2 N–H and O–H groups in total. The van der Waals surface area contributed by atoms with Crippen LogP contribution >= 0.6 is 0 Å². The minimum Gasteiger partial charge on any atom is -0.472 e. The number of nitrogens with zero attached hydrogens (tertiary/aromatic N) is 3. The number of anilines is 1. The second kappa shape index (κ2) is 4.38. The van der Waals surface area contributed by atoms with Gasteiger partial charge in [0.05, 0.1) is 12.3 Å². The molecular weight excluding hydrogens is 204 g/mol. The predicted octanol–water partition coefficient (Wildman–Crippen LogP) is 1.88. The lowest BCUT2D eigenvalue weighted by atomic mass is 10.2. The molecule has 5 nitrogen and oxygen atoms in total. The number of imidazole rings is 1. The van der Waals surface area contributed by atoms with Gasteiger partial charge in [-0.3, -0.25) is 4.40 Å². The second-order valence-corrected chi connectivity index (χ2v) is 3.85. The third kappa shape index (κ3) is 2.08. The van der Waals surface area contributed by atoms with Crippen LogP contribution in [0.4, 0.5) is 5.82 Å². The molecule has 1 atom stereocenters. The van der Waals surface area contributed by atoms with E-state index in [1.54, 1.807) is 12.4 Å². The Morgan fingerprint density at radius 3 is 3.12 bits per heavy atom. The van der Waals surface area contributed by atoms with E-state index in [0.29, 0.717) is 17.3 Å². The van der Waals surface area contributed by atoms with Crippen molar-refractivity contribution in [3.8, 4) is 5.88 Å². The Morgan fingerprint density at radius 2 is 2.38 bits per heavy atom. The summed E-state index contributed by atoms with van der Waals surface area (Å²) in [5, 5.41) is 0. The van der Waals surface area contributed by atoms with Gasteiger partial charge in [0.1, 0.15) is 5.82 Å². The van der Waals surface area contributed by atoms with E-state index in [1.165, 1.54) is 0 Å². The lowest BCUT2D eigenvalue weighted by Gasteiger charge is -2.13. The quantitative estimate of drug-likeness (QED) is 0.854. The van der Waals surface area contributed by atoms with Crippen LogP contribution in [-0.2, 0) is 0 Å². The fourth-order valence-corrected chi connectivity index (χ4v) is 1.66. The molecule has 0 spiro atoms. The fraction of sp³-hybridized carbons (Fsp3) is 0.455. The van der Waals surface area contributed by atoms with Crippen LogP contribution in [0.2, 0.25) is 0 Å². The van der Waals surface area contributed by atoms with E-state index in [4.69, 9.17) is 10.5 Å². The van der Waals surface area contributed by atoms with Crippen LogP contribution in [0.25, 0.3) is 5.65 Å². The summed E-state index contributed by atoms with van der Waals surface area (Å²) < 4.78 is 7.55. The Bertz CT molecular complexity index is 480. The van der Waals surface area contributed by atoms with Crippen molar-refractivity contribution in [2.45, 2.75) is 32.8 Å². The van der Waals surface area contributed by atoms with Crippen LogP contribution < -0.4 is 10.5 Å². The molecule has 2 aromatic heterocycles. The molecule has 0 radical (unpaired) electrons. The summed E-state index contributed by atoms with van der Waals surface area (Å²) in [6.07, 6.45) is 7.44. The Morgan fingerprint density at radius 1 is 1.56 bits per heavy atom. The molecular formula is C11H16N4O. The van der Waals surface area contributed by atoms with Gasteiger partial charge in [0.25, 0.3) is 5.88 Å². The van der Waals surface area contributed by atoms with Crippen LogP contribution in [0, 0.1) is 0 Å².